The number of nitrogens with one attached hydrogen (secondary N) is 6. The number of halogens is 4. The maximum Gasteiger partial charge on any atom is 0.412 e. The van der Waals surface area contributed by atoms with Gasteiger partial charge in [-0.25, -0.2) is 14.4 Å². The van der Waals surface area contributed by atoms with Crippen LogP contribution >= 0.6 is 47.8 Å². The van der Waals surface area contributed by atoms with Crippen LogP contribution in [0, 0.1) is 24.7 Å². The third kappa shape index (κ3) is 34.7. The summed E-state index contributed by atoms with van der Waals surface area (Å²) in [5, 5.41) is 27.1. The molecule has 29 nitrogen and oxygen atoms in total. The number of piperidine rings is 2. The Morgan fingerprint density at radius 2 is 0.883 bits per heavy atom. The molecule has 0 aromatic heterocycles. The SMILES string of the molecule is BrCBr.C#CCN.C#CCNC.CC(C)(C)OC(=O)Nc1ccc(O)cc1.CC(C)(C)OC(=O)Nc1ccc(OCBr)cc1.CC(C)(C)OC(=O)Nc1ccc(OCN=[N+]=[N-])cc1.CF.O=C1CCC(N2C(=O)c3ccccc3C2=O)C(=O)N1.O=C1CCC(N2C(=O)c3ccccc3C2=O)C(=O)N1. The zero-order valence-electron chi connectivity index (χ0n) is 58.5. The first-order valence-corrected chi connectivity index (χ1v) is 34.1. The summed E-state index contributed by atoms with van der Waals surface area (Å²) >= 11 is 9.29. The number of hydrogen-bond acceptors (Lipinski definition) is 20. The van der Waals surface area contributed by atoms with Gasteiger partial charge < -0.3 is 39.8 Å². The third-order valence-corrected chi connectivity index (χ3v) is 12.4. The Morgan fingerprint density at radius 1 is 0.583 bits per heavy atom. The van der Waals surface area contributed by atoms with E-state index in [1.165, 1.54) is 12.1 Å². The first-order chi connectivity index (χ1) is 48.6. The summed E-state index contributed by atoms with van der Waals surface area (Å²) in [5.74, 6) is 2.20. The van der Waals surface area contributed by atoms with Crippen molar-refractivity contribution in [2.45, 2.75) is 117 Å². The van der Waals surface area contributed by atoms with Crippen molar-refractivity contribution in [1.82, 2.24) is 25.8 Å². The molecule has 2 fully saturated rings. The number of carbonyl (C=O) groups is 11. The minimum atomic E-state index is -0.898. The number of phenols is 1. The number of phenolic OH excluding ortho intramolecular Hbond substituents is 1. The van der Waals surface area contributed by atoms with E-state index in [1.54, 1.807) is 151 Å². The van der Waals surface area contributed by atoms with E-state index in [-0.39, 0.29) is 50.0 Å². The first-order valence-electron chi connectivity index (χ1n) is 30.8. The van der Waals surface area contributed by atoms with Gasteiger partial charge >= 0.3 is 18.3 Å². The molecule has 4 aliphatic rings. The van der Waals surface area contributed by atoms with Crippen LogP contribution < -0.4 is 47.1 Å². The zero-order chi connectivity index (χ0) is 78.0. The lowest BCUT2D eigenvalue weighted by molar-refractivity contribution is -0.137. The van der Waals surface area contributed by atoms with Gasteiger partial charge in [-0.3, -0.25) is 79.1 Å². The number of benzene rings is 5. The van der Waals surface area contributed by atoms with Crippen molar-refractivity contribution in [3.63, 3.8) is 0 Å². The van der Waals surface area contributed by atoms with Gasteiger partial charge in [0.25, 0.3) is 23.6 Å². The molecule has 4 heterocycles. The molecule has 9 rings (SSSR count). The van der Waals surface area contributed by atoms with Crippen LogP contribution in [-0.2, 0) is 33.4 Å². The number of carbonyl (C=O) groups excluding carboxylic acids is 11. The average molecular weight is 1620 g/mol. The normalized spacial score (nSPS) is 14.3. The molecule has 0 spiro atoms. The number of hydrogen-bond donors (Lipinski definition) is 8. The fourth-order valence-corrected chi connectivity index (χ4v) is 8.48. The summed E-state index contributed by atoms with van der Waals surface area (Å²) in [6.07, 6.45) is 8.60. The minimum Gasteiger partial charge on any atom is -0.508 e. The monoisotopic (exact) mass is 1620 g/mol. The van der Waals surface area contributed by atoms with E-state index in [9.17, 15) is 57.1 Å². The summed E-state index contributed by atoms with van der Waals surface area (Å²) in [6, 6.07) is 30.9. The fraction of sp³-hybridized carbons (Fsp3) is 0.357. The Hall–Kier alpha value is -10.4. The number of nitrogens with two attached hydrogens (primary N) is 1. The Morgan fingerprint density at radius 3 is 1.13 bits per heavy atom. The van der Waals surface area contributed by atoms with Crippen molar-refractivity contribution >= 4 is 130 Å². The van der Waals surface area contributed by atoms with Crippen LogP contribution in [0.15, 0.2) is 126 Å². The van der Waals surface area contributed by atoms with E-state index in [4.69, 9.17) is 46.5 Å². The average Bonchev–Trinajstić information content (AvgIpc) is 1.63. The molecular weight excluding hydrogens is 1540 g/mol. The van der Waals surface area contributed by atoms with Crippen molar-refractivity contribution in [3.8, 4) is 41.9 Å². The maximum absolute atomic E-state index is 12.2. The van der Waals surface area contributed by atoms with Gasteiger partial charge in [-0.15, -0.1) is 12.8 Å². The van der Waals surface area contributed by atoms with Gasteiger partial charge in [0, 0.05) is 34.8 Å². The molecule has 11 amide bonds. The number of fused-ring (bicyclic) bond motifs is 2. The van der Waals surface area contributed by atoms with Gasteiger partial charge in [0.1, 0.15) is 51.7 Å². The quantitative estimate of drug-likeness (QED) is 0.00890. The second-order valence-electron chi connectivity index (χ2n) is 23.5. The molecule has 2 unspecified atom stereocenters. The molecule has 2 saturated heterocycles. The van der Waals surface area contributed by atoms with Gasteiger partial charge in [0.05, 0.1) is 46.8 Å². The van der Waals surface area contributed by atoms with Crippen LogP contribution in [0.4, 0.5) is 35.8 Å². The second-order valence-corrected chi connectivity index (χ2v) is 26.5. The number of nitrogens with zero attached hydrogens (tertiary/aromatic N) is 5. The smallest absolute Gasteiger partial charge is 0.412 e. The van der Waals surface area contributed by atoms with Crippen molar-refractivity contribution < 1.29 is 85.9 Å². The summed E-state index contributed by atoms with van der Waals surface area (Å²) in [4.78, 5) is 133. The summed E-state index contributed by atoms with van der Waals surface area (Å²) in [7, 11) is 2.32. The number of amides is 11. The summed E-state index contributed by atoms with van der Waals surface area (Å²) in [5.41, 5.74) is 14.8. The van der Waals surface area contributed by atoms with E-state index in [0.29, 0.717) is 70.8 Å². The van der Waals surface area contributed by atoms with Crippen LogP contribution in [0.5, 0.6) is 17.2 Å². The van der Waals surface area contributed by atoms with Gasteiger partial charge in [0.15, 0.2) is 6.73 Å². The highest BCUT2D eigenvalue weighted by molar-refractivity contribution is 9.24. The zero-order valence-corrected chi connectivity index (χ0v) is 63.3. The van der Waals surface area contributed by atoms with E-state index in [2.05, 4.69) is 108 Å². The maximum atomic E-state index is 12.2. The minimum absolute atomic E-state index is 0.0741. The standard InChI is InChI=1S/2C13H10N2O4.C12H16BrNO3.C12H16N4O3.C11H15NO3.C4H7N.C3H5N.CH2Br2.CH3F/c2*16-10-6-5-9(11(17)14-10)15-12(18)7-3-1-2-4-8(7)13(15)19;1-12(2,3)17-11(15)14-9-4-6-10(7-5-9)16-8-13;1-12(2,3)19-11(17)15-9-4-6-10(7-5-9)18-8-14-16-13;1-11(2,3)15-10(14)12-8-4-6-9(13)7-5-8;1-3-4-5-2;1-2-3-4;2-1-3;1-2/h2*1-4,9H,5-6H2,(H,14,16,17);4-7H,8H2,1-3H3,(H,14,15);4-7H,8H2,1-3H3,(H,15,17);4-7,13H,1-3H3,(H,12,14);1,5H,4H2,2H3;1H,3-4H2;1H2;1H3. The fourth-order valence-electron chi connectivity index (χ4n) is 8.21. The number of imide groups is 4. The number of alkyl halides is 4. The van der Waals surface area contributed by atoms with Gasteiger partial charge in [-0.2, -0.15) is 0 Å². The van der Waals surface area contributed by atoms with E-state index < -0.39 is 82.6 Å². The van der Waals surface area contributed by atoms with Crippen LogP contribution in [0.25, 0.3) is 10.4 Å². The van der Waals surface area contributed by atoms with E-state index >= 15 is 0 Å². The molecule has 4 aliphatic heterocycles. The number of anilines is 3. The molecule has 0 bridgehead atoms. The van der Waals surface area contributed by atoms with Crippen LogP contribution in [-0.4, -0.2) is 153 Å². The molecule has 103 heavy (non-hydrogen) atoms. The van der Waals surface area contributed by atoms with Crippen molar-refractivity contribution in [2.75, 3.05) is 59.8 Å². The highest BCUT2D eigenvalue weighted by Crippen LogP contribution is 2.29. The number of aromatic hydroxyl groups is 1. The van der Waals surface area contributed by atoms with Crippen LogP contribution in [0.3, 0.4) is 0 Å². The lowest BCUT2D eigenvalue weighted by atomic mass is 10.0. The van der Waals surface area contributed by atoms with E-state index in [1.807, 2.05) is 27.8 Å². The number of azide groups is 1. The van der Waals surface area contributed by atoms with E-state index in [0.717, 1.165) is 19.8 Å². The Balaban J connectivity index is 0.000000616. The Labute approximate surface area is 621 Å². The lowest BCUT2D eigenvalue weighted by Crippen LogP contribution is -2.54. The van der Waals surface area contributed by atoms with Crippen molar-refractivity contribution in [1.29, 1.82) is 0 Å². The molecule has 5 aromatic carbocycles. The van der Waals surface area contributed by atoms with Gasteiger partial charge in [-0.05, 0) is 201 Å². The predicted molar refractivity (Wildman–Crippen MR) is 396 cm³/mol. The highest BCUT2D eigenvalue weighted by atomic mass is 79.9. The van der Waals surface area contributed by atoms with Crippen LogP contribution in [0.1, 0.15) is 129 Å². The molecule has 0 saturated carbocycles. The highest BCUT2D eigenvalue weighted by Gasteiger charge is 2.46. The number of rotatable bonds is 11. The molecule has 2 atom stereocenters. The largest absolute Gasteiger partial charge is 0.508 e. The lowest BCUT2D eigenvalue weighted by Gasteiger charge is -2.27. The predicted octanol–water partition coefficient (Wildman–Crippen LogP) is 12.1. The number of terminal acetylenes is 2. The summed E-state index contributed by atoms with van der Waals surface area (Å²) in [6.45, 7) is 17.2. The van der Waals surface area contributed by atoms with Crippen LogP contribution in [0.2, 0.25) is 0 Å². The topological polar surface area (TPSA) is 408 Å². The molecule has 5 aromatic rings. The summed E-state index contributed by atoms with van der Waals surface area (Å²) < 4.78 is 36.0. The third-order valence-electron chi connectivity index (χ3n) is 12.2. The second kappa shape index (κ2) is 46.9. The molecule has 0 radical (unpaired) electrons. The van der Waals surface area contributed by atoms with Gasteiger partial charge in [-0.1, -0.05) is 73.1 Å². The Kier molecular flexibility index (Phi) is 41.3. The molecule has 33 heteroatoms. The molecular formula is C70H84Br3FN12O17. The van der Waals surface area contributed by atoms with Crippen molar-refractivity contribution in [2.24, 2.45) is 10.8 Å². The van der Waals surface area contributed by atoms with Gasteiger partial charge in [0.2, 0.25) is 23.6 Å². The number of ether oxygens (including phenoxy) is 5. The molecule has 0 aliphatic carbocycles. The first kappa shape index (κ1) is 90.6. The molecule has 9 N–H and O–H groups in total. The van der Waals surface area contributed by atoms with Crippen molar-refractivity contribution in [3.05, 3.63) is 154 Å². The molecule has 554 valence electrons. The Bertz CT molecular complexity index is 3610.